The fraction of sp³-hybridized carbons (Fsp3) is 0.176. The number of carbonyl (C=O) groups is 1. The van der Waals surface area contributed by atoms with E-state index in [1.165, 1.54) is 16.8 Å². The third kappa shape index (κ3) is 3.83. The molecule has 25 heavy (non-hydrogen) atoms. The maximum absolute atomic E-state index is 13.2. The Balaban J connectivity index is 2.04. The van der Waals surface area contributed by atoms with Gasteiger partial charge in [0.2, 0.25) is 0 Å². The molecule has 0 unspecified atom stereocenters. The number of aromatic nitrogens is 4. The summed E-state index contributed by atoms with van der Waals surface area (Å²) in [5.74, 6) is 0.107. The zero-order valence-corrected chi connectivity index (χ0v) is 13.9. The van der Waals surface area contributed by atoms with Crippen LogP contribution in [0, 0.1) is 5.82 Å². The van der Waals surface area contributed by atoms with E-state index in [1.807, 2.05) is 0 Å². The van der Waals surface area contributed by atoms with E-state index in [1.54, 1.807) is 36.7 Å². The summed E-state index contributed by atoms with van der Waals surface area (Å²) in [4.78, 5) is 16.4. The van der Waals surface area contributed by atoms with Crippen LogP contribution in [0.5, 0.6) is 0 Å². The molecule has 1 N–H and O–H groups in total. The molecule has 0 radical (unpaired) electrons. The number of hydrogen-bond donors (Lipinski definition) is 1. The van der Waals surface area contributed by atoms with Crippen molar-refractivity contribution in [2.75, 3.05) is 12.4 Å². The molecule has 0 aliphatic rings. The Morgan fingerprint density at radius 3 is 2.52 bits per heavy atom. The number of nitrogens with zero attached hydrogens (tertiary/aromatic N) is 4. The van der Waals surface area contributed by atoms with Gasteiger partial charge in [0.25, 0.3) is 0 Å². The fourth-order valence-electron chi connectivity index (χ4n) is 2.33. The molecular formula is C17H15ClFN5O. The van der Waals surface area contributed by atoms with Crippen molar-refractivity contribution in [1.82, 2.24) is 25.3 Å². The second-order valence-electron chi connectivity index (χ2n) is 5.22. The lowest BCUT2D eigenvalue weighted by atomic mass is 10.1. The van der Waals surface area contributed by atoms with Crippen LogP contribution >= 0.6 is 11.6 Å². The Bertz CT molecular complexity index is 851. The number of carbonyl (C=O) groups excluding carboxylic acids is 1. The molecule has 6 nitrogen and oxygen atoms in total. The Labute approximate surface area is 148 Å². The molecular weight excluding hydrogens is 345 g/mol. The van der Waals surface area contributed by atoms with Crippen molar-refractivity contribution in [3.8, 4) is 22.5 Å². The second-order valence-corrected chi connectivity index (χ2v) is 5.59. The van der Waals surface area contributed by atoms with Crippen LogP contribution in [0.4, 0.5) is 9.18 Å². The van der Waals surface area contributed by atoms with Gasteiger partial charge in [-0.15, -0.1) is 16.7 Å². The first-order valence-corrected chi connectivity index (χ1v) is 8.20. The second kappa shape index (κ2) is 7.85. The van der Waals surface area contributed by atoms with Crippen molar-refractivity contribution >= 4 is 17.6 Å². The molecule has 1 amide bonds. The minimum atomic E-state index is -0.405. The molecule has 2 heterocycles. The van der Waals surface area contributed by atoms with Crippen molar-refractivity contribution in [1.29, 1.82) is 0 Å². The highest BCUT2D eigenvalue weighted by Gasteiger charge is 2.20. The van der Waals surface area contributed by atoms with Gasteiger partial charge in [0.1, 0.15) is 17.2 Å². The van der Waals surface area contributed by atoms with Crippen LogP contribution in [0.25, 0.3) is 22.5 Å². The Morgan fingerprint density at radius 1 is 1.12 bits per heavy atom. The predicted molar refractivity (Wildman–Crippen MR) is 92.8 cm³/mol. The summed E-state index contributed by atoms with van der Waals surface area (Å²) in [6.07, 6.45) is 3.89. The number of rotatable bonds is 5. The molecule has 0 aliphatic carbocycles. The van der Waals surface area contributed by atoms with E-state index in [-0.39, 0.29) is 5.82 Å². The van der Waals surface area contributed by atoms with Gasteiger partial charge in [-0.05, 0) is 42.8 Å². The molecule has 0 fully saturated rings. The number of nitrogens with one attached hydrogen (secondary N) is 1. The highest BCUT2D eigenvalue weighted by Crippen LogP contribution is 2.29. The summed E-state index contributed by atoms with van der Waals surface area (Å²) in [5.41, 5.74) is 2.39. The average molecular weight is 360 g/mol. The van der Waals surface area contributed by atoms with Crippen molar-refractivity contribution in [3.63, 3.8) is 0 Å². The Hall–Kier alpha value is -2.80. The van der Waals surface area contributed by atoms with Crippen LogP contribution in [-0.2, 0) is 0 Å². The van der Waals surface area contributed by atoms with Gasteiger partial charge in [-0.1, -0.05) is 5.21 Å². The molecule has 128 valence electrons. The first-order chi connectivity index (χ1) is 12.2. The third-order valence-corrected chi connectivity index (χ3v) is 3.79. The smallest absolute Gasteiger partial charge is 0.336 e. The minimum Gasteiger partial charge on any atom is -0.336 e. The number of amides is 1. The number of alkyl halides is 1. The molecule has 1 aromatic carbocycles. The van der Waals surface area contributed by atoms with Gasteiger partial charge in [0.05, 0.1) is 0 Å². The summed E-state index contributed by atoms with van der Waals surface area (Å²) in [6, 6.07) is 8.98. The van der Waals surface area contributed by atoms with Crippen LogP contribution in [0.15, 0.2) is 48.8 Å². The van der Waals surface area contributed by atoms with Crippen LogP contribution in [-0.4, -0.2) is 38.4 Å². The van der Waals surface area contributed by atoms with Crippen LogP contribution in [0.2, 0.25) is 0 Å². The monoisotopic (exact) mass is 359 g/mol. The van der Waals surface area contributed by atoms with Crippen molar-refractivity contribution in [2.24, 2.45) is 0 Å². The molecule has 0 atom stereocenters. The molecule has 0 saturated carbocycles. The number of benzene rings is 1. The zero-order chi connectivity index (χ0) is 17.6. The molecule has 8 heteroatoms. The fourth-order valence-corrected chi connectivity index (χ4v) is 2.47. The van der Waals surface area contributed by atoms with Gasteiger partial charge in [0.15, 0.2) is 0 Å². The molecule has 0 aliphatic heterocycles. The van der Waals surface area contributed by atoms with Gasteiger partial charge in [-0.25, -0.2) is 9.18 Å². The molecule has 0 saturated heterocycles. The summed E-state index contributed by atoms with van der Waals surface area (Å²) in [5, 5.41) is 10.8. The lowest BCUT2D eigenvalue weighted by Crippen LogP contribution is -2.31. The van der Waals surface area contributed by atoms with Crippen molar-refractivity contribution < 1.29 is 9.18 Å². The quantitative estimate of drug-likeness (QED) is 0.560. The normalized spacial score (nSPS) is 10.6. The van der Waals surface area contributed by atoms with Gasteiger partial charge in [0, 0.05) is 35.9 Å². The van der Waals surface area contributed by atoms with E-state index in [0.29, 0.717) is 35.8 Å². The highest BCUT2D eigenvalue weighted by atomic mass is 35.5. The standard InChI is InChI=1S/C17H15ClFN5O/c18-8-1-9-21-17(25)24-16(13-6-10-20-11-7-13)15(22-23-24)12-2-4-14(19)5-3-12/h2-7,10-11H,1,8-9H2,(H,21,25). The summed E-state index contributed by atoms with van der Waals surface area (Å²) < 4.78 is 14.4. The largest absolute Gasteiger partial charge is 0.344 e. The highest BCUT2D eigenvalue weighted by molar-refractivity contribution is 6.17. The number of hydrogen-bond acceptors (Lipinski definition) is 4. The Kier molecular flexibility index (Phi) is 5.35. The van der Waals surface area contributed by atoms with E-state index < -0.39 is 6.03 Å². The zero-order valence-electron chi connectivity index (χ0n) is 13.2. The maximum atomic E-state index is 13.2. The molecule has 2 aromatic heterocycles. The average Bonchev–Trinajstić information content (AvgIpc) is 3.08. The van der Waals surface area contributed by atoms with Crippen LogP contribution in [0.3, 0.4) is 0 Å². The van der Waals surface area contributed by atoms with Crippen molar-refractivity contribution in [2.45, 2.75) is 6.42 Å². The maximum Gasteiger partial charge on any atom is 0.344 e. The first kappa shape index (κ1) is 17.0. The van der Waals surface area contributed by atoms with Crippen LogP contribution < -0.4 is 5.32 Å². The lowest BCUT2D eigenvalue weighted by Gasteiger charge is -2.08. The topological polar surface area (TPSA) is 72.7 Å². The van der Waals surface area contributed by atoms with Gasteiger partial charge >= 0.3 is 6.03 Å². The predicted octanol–water partition coefficient (Wildman–Crippen LogP) is 3.33. The lowest BCUT2D eigenvalue weighted by molar-refractivity contribution is 0.239. The third-order valence-electron chi connectivity index (χ3n) is 3.52. The SMILES string of the molecule is O=C(NCCCCl)n1nnc(-c2ccc(F)cc2)c1-c1ccncc1. The van der Waals surface area contributed by atoms with E-state index in [0.717, 1.165) is 5.56 Å². The van der Waals surface area contributed by atoms with Crippen molar-refractivity contribution in [3.05, 3.63) is 54.6 Å². The van der Waals surface area contributed by atoms with Gasteiger partial charge in [-0.2, -0.15) is 4.68 Å². The molecule has 0 spiro atoms. The van der Waals surface area contributed by atoms with E-state index in [2.05, 4.69) is 20.6 Å². The van der Waals surface area contributed by atoms with E-state index in [9.17, 15) is 9.18 Å². The molecule has 0 bridgehead atoms. The summed E-state index contributed by atoms with van der Waals surface area (Å²) >= 11 is 5.63. The first-order valence-electron chi connectivity index (χ1n) is 7.67. The van der Waals surface area contributed by atoms with E-state index in [4.69, 9.17) is 11.6 Å². The minimum absolute atomic E-state index is 0.347. The van der Waals surface area contributed by atoms with Gasteiger partial charge in [-0.3, -0.25) is 4.98 Å². The number of halogens is 2. The Morgan fingerprint density at radius 2 is 1.84 bits per heavy atom. The van der Waals surface area contributed by atoms with Gasteiger partial charge < -0.3 is 5.32 Å². The summed E-state index contributed by atoms with van der Waals surface area (Å²) in [7, 11) is 0. The summed E-state index contributed by atoms with van der Waals surface area (Å²) in [6.45, 7) is 0.434. The van der Waals surface area contributed by atoms with E-state index >= 15 is 0 Å². The molecule has 3 aromatic rings. The number of pyridine rings is 1. The molecule has 3 rings (SSSR count). The van der Waals surface area contributed by atoms with Crippen LogP contribution in [0.1, 0.15) is 6.42 Å².